The van der Waals surface area contributed by atoms with Gasteiger partial charge in [-0.2, -0.15) is 0 Å². The van der Waals surface area contributed by atoms with Crippen LogP contribution in [0, 0.1) is 0 Å². The predicted molar refractivity (Wildman–Crippen MR) is 89.0 cm³/mol. The molecule has 0 saturated carbocycles. The van der Waals surface area contributed by atoms with Gasteiger partial charge in [0.2, 0.25) is 0 Å². The molecule has 1 aromatic carbocycles. The van der Waals surface area contributed by atoms with E-state index in [9.17, 15) is 0 Å². The average Bonchev–Trinajstić information content (AvgIpc) is 2.66. The Morgan fingerprint density at radius 3 is 2.47 bits per heavy atom. The monoisotopic (exact) mass is 397 g/mol. The van der Waals surface area contributed by atoms with Crippen molar-refractivity contribution in [2.75, 3.05) is 6.54 Å². The van der Waals surface area contributed by atoms with E-state index in [0.29, 0.717) is 13.7 Å². The zero-order valence-corrected chi connectivity index (χ0v) is 14.7. The molecule has 0 radical (unpaired) electrons. The second-order valence-electron chi connectivity index (χ2n) is 3.94. The first-order chi connectivity index (χ1) is 9.02. The van der Waals surface area contributed by atoms with Gasteiger partial charge in [0, 0.05) is 15.1 Å². The Kier molecular flexibility index (Phi) is 5.58. The molecule has 1 nitrogen and oxygen atoms in total. The van der Waals surface area contributed by atoms with Crippen molar-refractivity contribution in [3.63, 3.8) is 0 Å². The van der Waals surface area contributed by atoms with Crippen molar-refractivity contribution in [3.8, 4) is 0 Å². The van der Waals surface area contributed by atoms with Gasteiger partial charge in [-0.1, -0.05) is 63.7 Å². The fourth-order valence-corrected chi connectivity index (χ4v) is 4.19. The molecule has 1 unspecified atom stereocenters. The molecule has 1 aromatic heterocycles. The first kappa shape index (κ1) is 15.6. The van der Waals surface area contributed by atoms with Gasteiger partial charge in [0.05, 0.1) is 14.7 Å². The van der Waals surface area contributed by atoms with E-state index in [1.54, 1.807) is 0 Å². The van der Waals surface area contributed by atoms with Gasteiger partial charge in [-0.15, -0.1) is 11.3 Å². The summed E-state index contributed by atoms with van der Waals surface area (Å²) in [6, 6.07) is 7.67. The zero-order valence-electron chi connectivity index (χ0n) is 10.0. The third-order valence-electron chi connectivity index (χ3n) is 2.68. The lowest BCUT2D eigenvalue weighted by atomic mass is 10.0. The van der Waals surface area contributed by atoms with Crippen molar-refractivity contribution in [1.29, 1.82) is 0 Å². The molecule has 2 rings (SSSR count). The lowest BCUT2D eigenvalue weighted by molar-refractivity contribution is 0.632. The number of rotatable bonds is 4. The van der Waals surface area contributed by atoms with Crippen molar-refractivity contribution in [1.82, 2.24) is 5.32 Å². The van der Waals surface area contributed by atoms with Gasteiger partial charge >= 0.3 is 0 Å². The Morgan fingerprint density at radius 1 is 1.21 bits per heavy atom. The van der Waals surface area contributed by atoms with E-state index >= 15 is 0 Å². The van der Waals surface area contributed by atoms with E-state index in [1.165, 1.54) is 11.3 Å². The predicted octanol–water partition coefficient (Wildman–Crippen LogP) is 6.17. The third kappa shape index (κ3) is 3.66. The minimum atomic E-state index is -0.0538. The molecule has 6 heteroatoms. The number of thiophene rings is 1. The summed E-state index contributed by atoms with van der Waals surface area (Å²) in [5.41, 5.74) is 1.95. The van der Waals surface area contributed by atoms with Crippen LogP contribution in [-0.4, -0.2) is 6.54 Å². The third-order valence-corrected chi connectivity index (χ3v) is 5.01. The highest BCUT2D eigenvalue weighted by Crippen LogP contribution is 2.39. The standard InChI is InChI=1S/C13H11BrCl3NS/c1-2-18-12(9-6-11(16)19-13(9)17)8-4-3-7(14)5-10(8)15/h3-6,12,18H,2H2,1H3. The van der Waals surface area contributed by atoms with Gasteiger partial charge < -0.3 is 5.32 Å². The van der Waals surface area contributed by atoms with Crippen molar-refractivity contribution in [2.24, 2.45) is 0 Å². The molecule has 0 aliphatic heterocycles. The molecule has 0 fully saturated rings. The molecule has 0 spiro atoms. The number of benzene rings is 1. The smallest absolute Gasteiger partial charge is 0.0995 e. The summed E-state index contributed by atoms with van der Waals surface area (Å²) in [4.78, 5) is 0. The number of nitrogens with one attached hydrogen (secondary N) is 1. The second-order valence-corrected chi connectivity index (χ2v) is 7.54. The van der Waals surface area contributed by atoms with Crippen LogP contribution in [-0.2, 0) is 0 Å². The molecule has 19 heavy (non-hydrogen) atoms. The summed E-state index contributed by atoms with van der Waals surface area (Å²) in [7, 11) is 0. The highest BCUT2D eigenvalue weighted by molar-refractivity contribution is 9.10. The maximum absolute atomic E-state index is 6.33. The van der Waals surface area contributed by atoms with Crippen LogP contribution in [0.4, 0.5) is 0 Å². The highest BCUT2D eigenvalue weighted by Gasteiger charge is 2.21. The summed E-state index contributed by atoms with van der Waals surface area (Å²) in [6.45, 7) is 2.85. The Hall–Kier alpha value is 0.230. The Labute approximate surface area is 140 Å². The molecule has 0 aliphatic carbocycles. The molecule has 0 aliphatic rings. The molecule has 1 N–H and O–H groups in total. The van der Waals surface area contributed by atoms with E-state index in [-0.39, 0.29) is 6.04 Å². The van der Waals surface area contributed by atoms with Crippen LogP contribution in [0.3, 0.4) is 0 Å². The van der Waals surface area contributed by atoms with Crippen LogP contribution < -0.4 is 5.32 Å². The van der Waals surface area contributed by atoms with Gasteiger partial charge in [-0.05, 0) is 30.3 Å². The normalized spacial score (nSPS) is 12.7. The molecule has 0 amide bonds. The van der Waals surface area contributed by atoms with E-state index in [2.05, 4.69) is 21.2 Å². The first-order valence-corrected chi connectivity index (χ1v) is 8.40. The van der Waals surface area contributed by atoms with Crippen LogP contribution in [0.1, 0.15) is 24.1 Å². The summed E-state index contributed by atoms with van der Waals surface area (Å²) in [6.07, 6.45) is 0. The lowest BCUT2D eigenvalue weighted by Crippen LogP contribution is -2.22. The van der Waals surface area contributed by atoms with E-state index in [0.717, 1.165) is 22.1 Å². The van der Waals surface area contributed by atoms with Crippen molar-refractivity contribution in [3.05, 3.63) is 53.6 Å². The summed E-state index contributed by atoms with van der Waals surface area (Å²) in [5.74, 6) is 0. The molecular weight excluding hydrogens is 388 g/mol. The van der Waals surface area contributed by atoms with E-state index < -0.39 is 0 Å². The lowest BCUT2D eigenvalue weighted by Gasteiger charge is -2.19. The maximum atomic E-state index is 6.33. The molecule has 1 heterocycles. The first-order valence-electron chi connectivity index (χ1n) is 5.66. The van der Waals surface area contributed by atoms with Crippen molar-refractivity contribution < 1.29 is 0 Å². The fraction of sp³-hybridized carbons (Fsp3) is 0.231. The van der Waals surface area contributed by atoms with Crippen LogP contribution in [0.25, 0.3) is 0 Å². The van der Waals surface area contributed by atoms with Crippen molar-refractivity contribution in [2.45, 2.75) is 13.0 Å². The van der Waals surface area contributed by atoms with Crippen LogP contribution in [0.2, 0.25) is 13.7 Å². The Balaban J connectivity index is 2.48. The van der Waals surface area contributed by atoms with Gasteiger partial charge in [0.1, 0.15) is 0 Å². The van der Waals surface area contributed by atoms with E-state index in [1.807, 2.05) is 31.2 Å². The summed E-state index contributed by atoms with van der Waals surface area (Å²) in [5, 5.41) is 4.09. The van der Waals surface area contributed by atoms with Gasteiger partial charge in [0.25, 0.3) is 0 Å². The minimum absolute atomic E-state index is 0.0538. The summed E-state index contributed by atoms with van der Waals surface area (Å²) >= 11 is 23.4. The number of halogens is 4. The fourth-order valence-electron chi connectivity index (χ4n) is 1.88. The molecule has 1 atom stereocenters. The molecule has 0 bridgehead atoms. The largest absolute Gasteiger partial charge is 0.306 e. The SMILES string of the molecule is CCNC(c1ccc(Br)cc1Cl)c1cc(Cl)sc1Cl. The molecular formula is C13H11BrCl3NS. The highest BCUT2D eigenvalue weighted by atomic mass is 79.9. The minimum Gasteiger partial charge on any atom is -0.306 e. The maximum Gasteiger partial charge on any atom is 0.0995 e. The topological polar surface area (TPSA) is 12.0 Å². The second kappa shape index (κ2) is 6.79. The number of hydrogen-bond acceptors (Lipinski definition) is 2. The molecule has 0 saturated heterocycles. The van der Waals surface area contributed by atoms with Crippen LogP contribution in [0.5, 0.6) is 0 Å². The average molecular weight is 400 g/mol. The quantitative estimate of drug-likeness (QED) is 0.648. The summed E-state index contributed by atoms with van der Waals surface area (Å²) < 4.78 is 2.32. The van der Waals surface area contributed by atoms with Crippen molar-refractivity contribution >= 4 is 62.1 Å². The van der Waals surface area contributed by atoms with Gasteiger partial charge in [0.15, 0.2) is 0 Å². The Morgan fingerprint density at radius 2 is 1.95 bits per heavy atom. The van der Waals surface area contributed by atoms with Gasteiger partial charge in [-0.3, -0.25) is 0 Å². The van der Waals surface area contributed by atoms with Crippen LogP contribution in [0.15, 0.2) is 28.7 Å². The number of hydrogen-bond donors (Lipinski definition) is 1. The van der Waals surface area contributed by atoms with E-state index in [4.69, 9.17) is 34.8 Å². The Bertz CT molecular complexity index is 585. The van der Waals surface area contributed by atoms with Crippen LogP contribution >= 0.6 is 62.1 Å². The zero-order chi connectivity index (χ0) is 14.0. The molecule has 2 aromatic rings. The molecule has 102 valence electrons. The van der Waals surface area contributed by atoms with Gasteiger partial charge in [-0.25, -0.2) is 0 Å².